The maximum Gasteiger partial charge on any atom is 0.228 e. The van der Waals surface area contributed by atoms with Crippen LogP contribution in [0.2, 0.25) is 0 Å². The highest BCUT2D eigenvalue weighted by molar-refractivity contribution is 9.11. The summed E-state index contributed by atoms with van der Waals surface area (Å²) in [4.78, 5) is 12.0. The standard InChI is InChI=1S/C12H16Br2N2O/c1-2-3-8(7-15)12(17)16-11-6-9(13)4-5-10(11)14/h4-6,8H,2-3,7,15H2,1H3,(H,16,17). The van der Waals surface area contributed by atoms with E-state index in [9.17, 15) is 4.79 Å². The zero-order chi connectivity index (χ0) is 12.8. The molecule has 17 heavy (non-hydrogen) atoms. The normalized spacial score (nSPS) is 12.2. The summed E-state index contributed by atoms with van der Waals surface area (Å²) in [6, 6.07) is 5.66. The third-order valence-electron chi connectivity index (χ3n) is 2.48. The fraction of sp³-hybridized carbons (Fsp3) is 0.417. The summed E-state index contributed by atoms with van der Waals surface area (Å²) in [5.41, 5.74) is 6.36. The van der Waals surface area contributed by atoms with Gasteiger partial charge < -0.3 is 11.1 Å². The minimum atomic E-state index is -0.120. The Kier molecular flexibility index (Phi) is 6.16. The van der Waals surface area contributed by atoms with Crippen LogP contribution in [-0.4, -0.2) is 12.5 Å². The average molecular weight is 364 g/mol. The molecular formula is C12H16Br2N2O. The first-order chi connectivity index (χ1) is 8.08. The van der Waals surface area contributed by atoms with Crippen molar-refractivity contribution in [2.24, 2.45) is 11.7 Å². The molecule has 0 aliphatic rings. The Morgan fingerprint density at radius 2 is 2.18 bits per heavy atom. The number of amides is 1. The van der Waals surface area contributed by atoms with Crippen molar-refractivity contribution in [2.75, 3.05) is 11.9 Å². The van der Waals surface area contributed by atoms with Crippen LogP contribution in [0.4, 0.5) is 5.69 Å². The molecule has 5 heteroatoms. The molecule has 94 valence electrons. The molecule has 1 atom stereocenters. The molecule has 1 aromatic carbocycles. The quantitative estimate of drug-likeness (QED) is 0.840. The highest BCUT2D eigenvalue weighted by atomic mass is 79.9. The summed E-state index contributed by atoms with van der Waals surface area (Å²) < 4.78 is 1.79. The number of hydrogen-bond acceptors (Lipinski definition) is 2. The second-order valence-electron chi connectivity index (χ2n) is 3.83. The van der Waals surface area contributed by atoms with Gasteiger partial charge in [-0.25, -0.2) is 0 Å². The number of nitrogens with two attached hydrogens (primary N) is 1. The molecule has 1 amide bonds. The fourth-order valence-electron chi connectivity index (χ4n) is 1.53. The van der Waals surface area contributed by atoms with E-state index in [1.807, 2.05) is 25.1 Å². The SMILES string of the molecule is CCCC(CN)C(=O)Nc1cc(Br)ccc1Br. The Balaban J connectivity index is 2.76. The van der Waals surface area contributed by atoms with Crippen LogP contribution in [0.3, 0.4) is 0 Å². The topological polar surface area (TPSA) is 55.1 Å². The minimum Gasteiger partial charge on any atom is -0.330 e. The lowest BCUT2D eigenvalue weighted by Crippen LogP contribution is -2.29. The molecule has 3 nitrogen and oxygen atoms in total. The van der Waals surface area contributed by atoms with E-state index in [1.165, 1.54) is 0 Å². The van der Waals surface area contributed by atoms with E-state index in [0.717, 1.165) is 27.5 Å². The van der Waals surface area contributed by atoms with Crippen molar-refractivity contribution in [3.8, 4) is 0 Å². The van der Waals surface area contributed by atoms with Gasteiger partial charge in [-0.2, -0.15) is 0 Å². The van der Waals surface area contributed by atoms with Crippen molar-refractivity contribution in [3.63, 3.8) is 0 Å². The summed E-state index contributed by atoms with van der Waals surface area (Å²) >= 11 is 6.78. The van der Waals surface area contributed by atoms with E-state index in [-0.39, 0.29) is 11.8 Å². The Morgan fingerprint density at radius 1 is 1.47 bits per heavy atom. The first kappa shape index (κ1) is 14.7. The third kappa shape index (κ3) is 4.41. The zero-order valence-electron chi connectivity index (χ0n) is 9.67. The Bertz CT molecular complexity index is 396. The largest absolute Gasteiger partial charge is 0.330 e. The summed E-state index contributed by atoms with van der Waals surface area (Å²) in [6.07, 6.45) is 1.77. The van der Waals surface area contributed by atoms with Crippen LogP contribution in [-0.2, 0) is 4.79 Å². The number of hydrogen-bond donors (Lipinski definition) is 2. The van der Waals surface area contributed by atoms with E-state index in [2.05, 4.69) is 37.2 Å². The Hall–Kier alpha value is -0.390. The van der Waals surface area contributed by atoms with Gasteiger partial charge in [0.2, 0.25) is 5.91 Å². The van der Waals surface area contributed by atoms with Crippen LogP contribution < -0.4 is 11.1 Å². The molecule has 3 N–H and O–H groups in total. The van der Waals surface area contributed by atoms with E-state index in [1.54, 1.807) is 0 Å². The van der Waals surface area contributed by atoms with Crippen molar-refractivity contribution in [1.82, 2.24) is 0 Å². The molecular weight excluding hydrogens is 348 g/mol. The molecule has 0 radical (unpaired) electrons. The number of carbonyl (C=O) groups is 1. The number of anilines is 1. The van der Waals surface area contributed by atoms with E-state index < -0.39 is 0 Å². The number of rotatable bonds is 5. The van der Waals surface area contributed by atoms with Crippen molar-refractivity contribution >= 4 is 43.5 Å². The van der Waals surface area contributed by atoms with Crippen molar-refractivity contribution in [1.29, 1.82) is 0 Å². The number of carbonyl (C=O) groups excluding carboxylic acids is 1. The predicted molar refractivity (Wildman–Crippen MR) is 77.9 cm³/mol. The lowest BCUT2D eigenvalue weighted by molar-refractivity contribution is -0.119. The minimum absolute atomic E-state index is 0.0202. The molecule has 0 fully saturated rings. The van der Waals surface area contributed by atoms with Crippen LogP contribution in [0.25, 0.3) is 0 Å². The second kappa shape index (κ2) is 7.13. The summed E-state index contributed by atoms with van der Waals surface area (Å²) in [5, 5.41) is 2.89. The summed E-state index contributed by atoms with van der Waals surface area (Å²) in [6.45, 7) is 2.43. The summed E-state index contributed by atoms with van der Waals surface area (Å²) in [7, 11) is 0. The third-order valence-corrected chi connectivity index (χ3v) is 3.66. The van der Waals surface area contributed by atoms with Gasteiger partial charge >= 0.3 is 0 Å². The molecule has 0 saturated carbocycles. The lowest BCUT2D eigenvalue weighted by atomic mass is 10.0. The van der Waals surface area contributed by atoms with Crippen LogP contribution in [0, 0.1) is 5.92 Å². The van der Waals surface area contributed by atoms with Crippen molar-refractivity contribution in [2.45, 2.75) is 19.8 Å². The Labute approximate surface area is 118 Å². The van der Waals surface area contributed by atoms with E-state index in [0.29, 0.717) is 6.54 Å². The average Bonchev–Trinajstić information content (AvgIpc) is 2.30. The van der Waals surface area contributed by atoms with Crippen LogP contribution in [0.5, 0.6) is 0 Å². The summed E-state index contributed by atoms with van der Waals surface area (Å²) in [5.74, 6) is -0.140. The van der Waals surface area contributed by atoms with Crippen LogP contribution in [0.15, 0.2) is 27.1 Å². The molecule has 1 rings (SSSR count). The second-order valence-corrected chi connectivity index (χ2v) is 5.60. The van der Waals surface area contributed by atoms with Crippen molar-refractivity contribution < 1.29 is 4.79 Å². The maximum absolute atomic E-state index is 12.0. The Morgan fingerprint density at radius 3 is 2.76 bits per heavy atom. The molecule has 0 heterocycles. The van der Waals surface area contributed by atoms with Crippen molar-refractivity contribution in [3.05, 3.63) is 27.1 Å². The van der Waals surface area contributed by atoms with Gasteiger partial charge in [0.15, 0.2) is 0 Å². The zero-order valence-corrected chi connectivity index (χ0v) is 12.8. The highest BCUT2D eigenvalue weighted by Crippen LogP contribution is 2.26. The monoisotopic (exact) mass is 362 g/mol. The van der Waals surface area contributed by atoms with E-state index in [4.69, 9.17) is 5.73 Å². The molecule has 0 aromatic heterocycles. The van der Waals surface area contributed by atoms with Gasteiger partial charge in [-0.1, -0.05) is 29.3 Å². The van der Waals surface area contributed by atoms with Crippen LogP contribution in [0.1, 0.15) is 19.8 Å². The number of nitrogens with one attached hydrogen (secondary N) is 1. The van der Waals surface area contributed by atoms with Gasteiger partial charge in [-0.3, -0.25) is 4.79 Å². The van der Waals surface area contributed by atoms with Gasteiger partial charge in [0, 0.05) is 15.5 Å². The number of halogens is 2. The van der Waals surface area contributed by atoms with Gasteiger partial charge in [0.1, 0.15) is 0 Å². The smallest absolute Gasteiger partial charge is 0.228 e. The predicted octanol–water partition coefficient (Wildman–Crippen LogP) is 3.53. The molecule has 0 aliphatic carbocycles. The van der Waals surface area contributed by atoms with Gasteiger partial charge in [0.25, 0.3) is 0 Å². The van der Waals surface area contributed by atoms with E-state index >= 15 is 0 Å². The fourth-order valence-corrected chi connectivity index (χ4v) is 2.24. The van der Waals surface area contributed by atoms with Crippen LogP contribution >= 0.6 is 31.9 Å². The van der Waals surface area contributed by atoms with Gasteiger partial charge in [-0.05, 0) is 40.5 Å². The number of benzene rings is 1. The molecule has 0 spiro atoms. The molecule has 0 saturated heterocycles. The molecule has 0 aliphatic heterocycles. The van der Waals surface area contributed by atoms with Gasteiger partial charge in [0.05, 0.1) is 11.6 Å². The first-order valence-electron chi connectivity index (χ1n) is 5.54. The van der Waals surface area contributed by atoms with Gasteiger partial charge in [-0.15, -0.1) is 0 Å². The lowest BCUT2D eigenvalue weighted by Gasteiger charge is -2.15. The molecule has 0 bridgehead atoms. The highest BCUT2D eigenvalue weighted by Gasteiger charge is 2.16. The molecule has 1 aromatic rings. The molecule has 1 unspecified atom stereocenters. The maximum atomic E-state index is 12.0. The first-order valence-corrected chi connectivity index (χ1v) is 7.13.